The Morgan fingerprint density at radius 1 is 1.38 bits per heavy atom. The lowest BCUT2D eigenvalue weighted by atomic mass is 10.0. The molecule has 0 aliphatic carbocycles. The number of amides is 1. The number of hydrogen-bond donors (Lipinski definition) is 3. The Morgan fingerprint density at radius 2 is 1.92 bits per heavy atom. The number of aliphatic carboxylic acids is 1. The summed E-state index contributed by atoms with van der Waals surface area (Å²) in [4.78, 5) is 21.5. The number of carbonyl (C=O) groups is 2. The van der Waals surface area contributed by atoms with Gasteiger partial charge in [-0.1, -0.05) is 0 Å². The van der Waals surface area contributed by atoms with E-state index in [1.165, 1.54) is 0 Å². The minimum Gasteiger partial charge on any atom is -0.481 e. The molecule has 0 saturated carbocycles. The lowest BCUT2D eigenvalue weighted by Crippen LogP contribution is -2.47. The first kappa shape index (κ1) is 11.9. The van der Waals surface area contributed by atoms with Gasteiger partial charge in [-0.15, -0.1) is 0 Å². The van der Waals surface area contributed by atoms with Crippen molar-refractivity contribution >= 4 is 11.9 Å². The van der Waals surface area contributed by atoms with Crippen molar-refractivity contribution in [1.29, 1.82) is 0 Å². The molecule has 0 heterocycles. The molecule has 0 fully saturated rings. The van der Waals surface area contributed by atoms with Crippen molar-refractivity contribution in [2.24, 2.45) is 0 Å². The molecule has 0 spiro atoms. The van der Waals surface area contributed by atoms with Gasteiger partial charge in [-0.25, -0.2) is 0 Å². The zero-order valence-electron chi connectivity index (χ0n) is 8.18. The first-order valence-electron chi connectivity index (χ1n) is 4.05. The minimum absolute atomic E-state index is 0.0809. The van der Waals surface area contributed by atoms with Gasteiger partial charge in [-0.2, -0.15) is 0 Å². The summed E-state index contributed by atoms with van der Waals surface area (Å²) >= 11 is 0. The number of carbonyl (C=O) groups excluding carboxylic acids is 1. The third kappa shape index (κ3) is 6.10. The molecule has 76 valence electrons. The number of rotatable bonds is 5. The molecule has 0 aromatic carbocycles. The molecule has 5 heteroatoms. The van der Waals surface area contributed by atoms with E-state index in [0.29, 0.717) is 0 Å². The summed E-state index contributed by atoms with van der Waals surface area (Å²) in [5.41, 5.74) is -0.695. The minimum atomic E-state index is -0.922. The summed E-state index contributed by atoms with van der Waals surface area (Å²) in [6.07, 6.45) is -0.0809. The van der Waals surface area contributed by atoms with Crippen molar-refractivity contribution in [3.8, 4) is 0 Å². The van der Waals surface area contributed by atoms with Gasteiger partial charge >= 0.3 is 5.97 Å². The van der Waals surface area contributed by atoms with Crippen molar-refractivity contribution in [3.63, 3.8) is 0 Å². The van der Waals surface area contributed by atoms with Gasteiger partial charge in [0.1, 0.15) is 0 Å². The fraction of sp³-hybridized carbons (Fsp3) is 0.750. The van der Waals surface area contributed by atoms with Gasteiger partial charge < -0.3 is 15.7 Å². The standard InChI is InChI=1S/C8H16N2O3/c1-8(2,4-7(12)13)10-6(11)5-9-3/h9H,4-5H2,1-3H3,(H,10,11)(H,12,13). The monoisotopic (exact) mass is 188 g/mol. The number of likely N-dealkylation sites (N-methyl/N-ethyl adjacent to an activating group) is 1. The maximum Gasteiger partial charge on any atom is 0.305 e. The first-order valence-corrected chi connectivity index (χ1v) is 4.05. The highest BCUT2D eigenvalue weighted by atomic mass is 16.4. The third-order valence-corrected chi connectivity index (χ3v) is 1.41. The van der Waals surface area contributed by atoms with Gasteiger partial charge in [0.25, 0.3) is 0 Å². The lowest BCUT2D eigenvalue weighted by Gasteiger charge is -2.24. The fourth-order valence-electron chi connectivity index (χ4n) is 1.00. The summed E-state index contributed by atoms with van der Waals surface area (Å²) in [6, 6.07) is 0. The molecule has 1 amide bonds. The van der Waals surface area contributed by atoms with Crippen LogP contribution in [0.25, 0.3) is 0 Å². The Bertz CT molecular complexity index is 202. The van der Waals surface area contributed by atoms with E-state index >= 15 is 0 Å². The smallest absolute Gasteiger partial charge is 0.305 e. The summed E-state index contributed by atoms with van der Waals surface area (Å²) in [7, 11) is 1.66. The van der Waals surface area contributed by atoms with Crippen molar-refractivity contribution in [1.82, 2.24) is 10.6 Å². The molecule has 0 aromatic heterocycles. The molecular formula is C8H16N2O3. The zero-order chi connectivity index (χ0) is 10.5. The van der Waals surface area contributed by atoms with Crippen LogP contribution in [-0.4, -0.2) is 36.1 Å². The van der Waals surface area contributed by atoms with E-state index in [9.17, 15) is 9.59 Å². The molecule has 3 N–H and O–H groups in total. The Balaban J connectivity index is 4.00. The van der Waals surface area contributed by atoms with E-state index in [0.717, 1.165) is 0 Å². The van der Waals surface area contributed by atoms with Gasteiger partial charge in [-0.05, 0) is 20.9 Å². The molecule has 0 radical (unpaired) electrons. The number of carboxylic acid groups (broad SMARTS) is 1. The van der Waals surface area contributed by atoms with Gasteiger partial charge in [-0.3, -0.25) is 9.59 Å². The van der Waals surface area contributed by atoms with E-state index in [1.54, 1.807) is 20.9 Å². The summed E-state index contributed by atoms with van der Waals surface area (Å²) in [5, 5.41) is 13.8. The molecule has 0 bridgehead atoms. The Hall–Kier alpha value is -1.10. The largest absolute Gasteiger partial charge is 0.481 e. The normalized spacial score (nSPS) is 11.0. The fourth-order valence-corrected chi connectivity index (χ4v) is 1.00. The molecule has 0 aliphatic rings. The predicted molar refractivity (Wildman–Crippen MR) is 48.4 cm³/mol. The van der Waals surface area contributed by atoms with E-state index < -0.39 is 11.5 Å². The Kier molecular flexibility index (Phi) is 4.40. The second kappa shape index (κ2) is 4.81. The Labute approximate surface area is 77.5 Å². The molecule has 13 heavy (non-hydrogen) atoms. The second-order valence-electron chi connectivity index (χ2n) is 3.53. The molecule has 0 saturated heterocycles. The zero-order valence-corrected chi connectivity index (χ0v) is 8.18. The van der Waals surface area contributed by atoms with Gasteiger partial charge in [0.2, 0.25) is 5.91 Å². The molecular weight excluding hydrogens is 172 g/mol. The van der Waals surface area contributed by atoms with Crippen LogP contribution in [-0.2, 0) is 9.59 Å². The number of hydrogen-bond acceptors (Lipinski definition) is 3. The van der Waals surface area contributed by atoms with E-state index in [1.807, 2.05) is 0 Å². The van der Waals surface area contributed by atoms with Crippen molar-refractivity contribution in [2.45, 2.75) is 25.8 Å². The topological polar surface area (TPSA) is 78.4 Å². The maximum absolute atomic E-state index is 11.1. The van der Waals surface area contributed by atoms with Crippen LogP contribution in [0.3, 0.4) is 0 Å². The van der Waals surface area contributed by atoms with Crippen LogP contribution in [0.15, 0.2) is 0 Å². The molecule has 5 nitrogen and oxygen atoms in total. The van der Waals surface area contributed by atoms with E-state index in [4.69, 9.17) is 5.11 Å². The highest BCUT2D eigenvalue weighted by molar-refractivity contribution is 5.79. The van der Waals surface area contributed by atoms with Crippen LogP contribution >= 0.6 is 0 Å². The average molecular weight is 188 g/mol. The van der Waals surface area contributed by atoms with Crippen LogP contribution in [0, 0.1) is 0 Å². The Morgan fingerprint density at radius 3 is 2.31 bits per heavy atom. The SMILES string of the molecule is CNCC(=O)NC(C)(C)CC(=O)O. The molecule has 0 aliphatic heterocycles. The van der Waals surface area contributed by atoms with Crippen LogP contribution in [0.4, 0.5) is 0 Å². The quantitative estimate of drug-likeness (QED) is 0.547. The first-order chi connectivity index (χ1) is 5.87. The number of nitrogens with one attached hydrogen (secondary N) is 2. The molecule has 0 atom stereocenters. The molecule has 0 unspecified atom stereocenters. The van der Waals surface area contributed by atoms with Crippen LogP contribution in [0.5, 0.6) is 0 Å². The highest BCUT2D eigenvalue weighted by Crippen LogP contribution is 2.07. The van der Waals surface area contributed by atoms with Crippen LogP contribution < -0.4 is 10.6 Å². The van der Waals surface area contributed by atoms with Crippen LogP contribution in [0.1, 0.15) is 20.3 Å². The second-order valence-corrected chi connectivity index (χ2v) is 3.53. The third-order valence-electron chi connectivity index (χ3n) is 1.41. The predicted octanol–water partition coefficient (Wildman–Crippen LogP) is -0.425. The summed E-state index contributed by atoms with van der Waals surface area (Å²) < 4.78 is 0. The van der Waals surface area contributed by atoms with Gasteiger partial charge in [0.05, 0.1) is 13.0 Å². The summed E-state index contributed by atoms with van der Waals surface area (Å²) in [5.74, 6) is -1.12. The van der Waals surface area contributed by atoms with Gasteiger partial charge in [0, 0.05) is 5.54 Å². The van der Waals surface area contributed by atoms with Crippen molar-refractivity contribution < 1.29 is 14.7 Å². The van der Waals surface area contributed by atoms with Crippen molar-refractivity contribution in [3.05, 3.63) is 0 Å². The highest BCUT2D eigenvalue weighted by Gasteiger charge is 2.23. The average Bonchev–Trinajstić information content (AvgIpc) is 1.81. The maximum atomic E-state index is 11.1. The molecule has 0 rings (SSSR count). The number of carboxylic acids is 1. The summed E-state index contributed by atoms with van der Waals surface area (Å²) in [6.45, 7) is 3.55. The van der Waals surface area contributed by atoms with Crippen molar-refractivity contribution in [2.75, 3.05) is 13.6 Å². The van der Waals surface area contributed by atoms with Crippen LogP contribution in [0.2, 0.25) is 0 Å². The van der Waals surface area contributed by atoms with E-state index in [-0.39, 0.29) is 18.9 Å². The lowest BCUT2D eigenvalue weighted by molar-refractivity contribution is -0.138. The van der Waals surface area contributed by atoms with Gasteiger partial charge in [0.15, 0.2) is 0 Å². The van der Waals surface area contributed by atoms with E-state index in [2.05, 4.69) is 10.6 Å². The molecule has 0 aromatic rings.